The molecule has 2 fully saturated rings. The molecule has 0 saturated carbocycles. The van der Waals surface area contributed by atoms with Gasteiger partial charge in [-0.25, -0.2) is 0 Å². The van der Waals surface area contributed by atoms with Crippen molar-refractivity contribution in [1.29, 1.82) is 0 Å². The standard InChI is InChI=1S/C25H34O12/c26-12-4-9-18(29)34-22-21-17(15-32-24(37-21)16-7-2-1-3-8-16)33-25(36-20(31)11-6-14-28)23(22)35-19(30)10-5-13-27/h1-3,7-8,17,21-28H,4-6,9-15H2. The number of aliphatic hydroxyl groups is 3. The van der Waals surface area contributed by atoms with Crippen LogP contribution in [0.2, 0.25) is 0 Å². The second-order valence-corrected chi connectivity index (χ2v) is 8.60. The normalized spacial score (nSPS) is 27.1. The van der Waals surface area contributed by atoms with Crippen LogP contribution in [-0.2, 0) is 42.8 Å². The molecule has 2 aliphatic heterocycles. The summed E-state index contributed by atoms with van der Waals surface area (Å²) in [5.41, 5.74) is 0.709. The maximum Gasteiger partial charge on any atom is 0.308 e. The lowest BCUT2D eigenvalue weighted by molar-refractivity contribution is -0.357. The zero-order valence-electron chi connectivity index (χ0n) is 20.4. The number of rotatable bonds is 13. The Labute approximate surface area is 214 Å². The first-order chi connectivity index (χ1) is 18.0. The molecule has 0 aromatic heterocycles. The lowest BCUT2D eigenvalue weighted by Gasteiger charge is -2.47. The van der Waals surface area contributed by atoms with Crippen LogP contribution < -0.4 is 0 Å². The van der Waals surface area contributed by atoms with E-state index in [1.807, 2.05) is 18.2 Å². The van der Waals surface area contributed by atoms with Crippen LogP contribution in [0.25, 0.3) is 0 Å². The third-order valence-corrected chi connectivity index (χ3v) is 5.76. The largest absolute Gasteiger partial charge is 0.455 e. The van der Waals surface area contributed by atoms with Crippen molar-refractivity contribution in [2.24, 2.45) is 0 Å². The molecule has 12 nitrogen and oxygen atoms in total. The molecular formula is C25H34O12. The lowest BCUT2D eigenvalue weighted by Crippen LogP contribution is -2.64. The fourth-order valence-electron chi connectivity index (χ4n) is 3.96. The van der Waals surface area contributed by atoms with Crippen molar-refractivity contribution in [2.45, 2.75) is 75.5 Å². The first-order valence-electron chi connectivity index (χ1n) is 12.3. The minimum atomic E-state index is -1.44. The maximum atomic E-state index is 12.6. The third-order valence-electron chi connectivity index (χ3n) is 5.76. The molecule has 2 saturated heterocycles. The van der Waals surface area contributed by atoms with Gasteiger partial charge < -0.3 is 43.7 Å². The van der Waals surface area contributed by atoms with E-state index in [-0.39, 0.29) is 65.0 Å². The van der Waals surface area contributed by atoms with E-state index in [2.05, 4.69) is 0 Å². The van der Waals surface area contributed by atoms with Crippen molar-refractivity contribution in [3.05, 3.63) is 35.9 Å². The summed E-state index contributed by atoms with van der Waals surface area (Å²) in [6, 6.07) is 9.06. The molecular weight excluding hydrogens is 492 g/mol. The van der Waals surface area contributed by atoms with Crippen LogP contribution >= 0.6 is 0 Å². The van der Waals surface area contributed by atoms with Crippen molar-refractivity contribution >= 4 is 17.9 Å². The summed E-state index contributed by atoms with van der Waals surface area (Å²) >= 11 is 0. The number of carbonyl (C=O) groups excluding carboxylic acids is 3. The summed E-state index contributed by atoms with van der Waals surface area (Å²) in [6.45, 7) is -0.678. The van der Waals surface area contributed by atoms with Gasteiger partial charge in [-0.3, -0.25) is 14.4 Å². The quantitative estimate of drug-likeness (QED) is 0.241. The van der Waals surface area contributed by atoms with Crippen LogP contribution in [-0.4, -0.2) is 90.4 Å². The predicted molar refractivity (Wildman–Crippen MR) is 123 cm³/mol. The molecule has 206 valence electrons. The Bertz CT molecular complexity index is 862. The second-order valence-electron chi connectivity index (χ2n) is 8.60. The molecule has 37 heavy (non-hydrogen) atoms. The molecule has 0 bridgehead atoms. The monoisotopic (exact) mass is 526 g/mol. The summed E-state index contributed by atoms with van der Waals surface area (Å²) in [5, 5.41) is 27.2. The SMILES string of the molecule is O=C(CCCO)OC1OC2COC(c3ccccc3)OC2C(OC(=O)CCCO)C1OC(=O)CCCO. The van der Waals surface area contributed by atoms with E-state index in [0.29, 0.717) is 5.56 Å². The Hall–Kier alpha value is -2.61. The Morgan fingerprint density at radius 3 is 1.86 bits per heavy atom. The zero-order chi connectivity index (χ0) is 26.6. The van der Waals surface area contributed by atoms with Crippen LogP contribution in [0.4, 0.5) is 0 Å². The average molecular weight is 527 g/mol. The van der Waals surface area contributed by atoms with E-state index >= 15 is 0 Å². The van der Waals surface area contributed by atoms with Crippen LogP contribution in [0, 0.1) is 0 Å². The van der Waals surface area contributed by atoms with Gasteiger partial charge in [-0.15, -0.1) is 0 Å². The molecule has 3 N–H and O–H groups in total. The first kappa shape index (κ1) is 29.0. The van der Waals surface area contributed by atoms with Gasteiger partial charge in [0.25, 0.3) is 0 Å². The minimum Gasteiger partial charge on any atom is -0.455 e. The van der Waals surface area contributed by atoms with Crippen LogP contribution in [0.5, 0.6) is 0 Å². The summed E-state index contributed by atoms with van der Waals surface area (Å²) in [6.07, 6.45) is -6.53. The number of benzene rings is 1. The summed E-state index contributed by atoms with van der Waals surface area (Å²) in [5.74, 6) is -2.10. The highest BCUT2D eigenvalue weighted by atomic mass is 16.8. The smallest absolute Gasteiger partial charge is 0.308 e. The Kier molecular flexibility index (Phi) is 11.7. The van der Waals surface area contributed by atoms with E-state index in [9.17, 15) is 14.4 Å². The summed E-state index contributed by atoms with van der Waals surface area (Å²) < 4.78 is 34.5. The number of hydrogen-bond donors (Lipinski definition) is 3. The van der Waals surface area contributed by atoms with Crippen molar-refractivity contribution < 1.29 is 58.1 Å². The molecule has 0 aliphatic carbocycles. The number of ether oxygens (including phenoxy) is 6. The topological polar surface area (TPSA) is 167 Å². The van der Waals surface area contributed by atoms with Gasteiger partial charge in [-0.05, 0) is 19.3 Å². The van der Waals surface area contributed by atoms with Crippen molar-refractivity contribution in [3.8, 4) is 0 Å². The molecule has 0 radical (unpaired) electrons. The highest BCUT2D eigenvalue weighted by Crippen LogP contribution is 2.37. The van der Waals surface area contributed by atoms with Gasteiger partial charge in [-0.2, -0.15) is 0 Å². The molecule has 6 atom stereocenters. The van der Waals surface area contributed by atoms with Gasteiger partial charge in [0.1, 0.15) is 12.2 Å². The Morgan fingerprint density at radius 1 is 0.757 bits per heavy atom. The molecule has 0 spiro atoms. The van der Waals surface area contributed by atoms with Gasteiger partial charge in [-0.1, -0.05) is 30.3 Å². The van der Waals surface area contributed by atoms with Gasteiger partial charge in [0.15, 0.2) is 12.4 Å². The summed E-state index contributed by atoms with van der Waals surface area (Å²) in [4.78, 5) is 37.5. The average Bonchev–Trinajstić information content (AvgIpc) is 2.91. The van der Waals surface area contributed by atoms with Crippen molar-refractivity contribution in [1.82, 2.24) is 0 Å². The van der Waals surface area contributed by atoms with Crippen molar-refractivity contribution in [3.63, 3.8) is 0 Å². The molecule has 0 amide bonds. The van der Waals surface area contributed by atoms with E-state index in [0.717, 1.165) is 0 Å². The maximum absolute atomic E-state index is 12.6. The highest BCUT2D eigenvalue weighted by molar-refractivity contribution is 5.71. The molecule has 12 heteroatoms. The first-order valence-corrected chi connectivity index (χ1v) is 12.3. The van der Waals surface area contributed by atoms with Crippen LogP contribution in [0.3, 0.4) is 0 Å². The Morgan fingerprint density at radius 2 is 1.30 bits per heavy atom. The highest BCUT2D eigenvalue weighted by Gasteiger charge is 2.55. The molecule has 2 aliphatic rings. The molecule has 1 aromatic rings. The molecule has 3 rings (SSSR count). The van der Waals surface area contributed by atoms with E-state index < -0.39 is 54.9 Å². The molecule has 2 heterocycles. The van der Waals surface area contributed by atoms with Crippen LogP contribution in [0.1, 0.15) is 50.4 Å². The number of hydrogen-bond acceptors (Lipinski definition) is 12. The lowest BCUT2D eigenvalue weighted by atomic mass is 9.97. The fourth-order valence-corrected chi connectivity index (χ4v) is 3.96. The van der Waals surface area contributed by atoms with Crippen LogP contribution in [0.15, 0.2) is 30.3 Å². The molecule has 1 aromatic carbocycles. The number of esters is 3. The number of fused-ring (bicyclic) bond motifs is 1. The molecule has 6 unspecified atom stereocenters. The van der Waals surface area contributed by atoms with Gasteiger partial charge in [0, 0.05) is 44.6 Å². The summed E-state index contributed by atoms with van der Waals surface area (Å²) in [7, 11) is 0. The zero-order valence-corrected chi connectivity index (χ0v) is 20.4. The van der Waals surface area contributed by atoms with E-state index in [1.54, 1.807) is 12.1 Å². The predicted octanol–water partition coefficient (Wildman–Crippen LogP) is 0.510. The van der Waals surface area contributed by atoms with E-state index in [4.69, 9.17) is 43.7 Å². The number of aliphatic hydroxyl groups excluding tert-OH is 3. The fraction of sp³-hybridized carbons (Fsp3) is 0.640. The number of carbonyl (C=O) groups is 3. The third kappa shape index (κ3) is 8.45. The van der Waals surface area contributed by atoms with Crippen molar-refractivity contribution in [2.75, 3.05) is 26.4 Å². The van der Waals surface area contributed by atoms with Gasteiger partial charge in [0.2, 0.25) is 12.4 Å². The van der Waals surface area contributed by atoms with E-state index in [1.165, 1.54) is 0 Å². The van der Waals surface area contributed by atoms with Gasteiger partial charge >= 0.3 is 17.9 Å². The Balaban J connectivity index is 1.88. The second kappa shape index (κ2) is 15.0. The minimum absolute atomic E-state index is 0.00475. The van der Waals surface area contributed by atoms with Gasteiger partial charge in [0.05, 0.1) is 6.61 Å².